The van der Waals surface area contributed by atoms with Crippen LogP contribution >= 0.6 is 58.5 Å². The number of rotatable bonds is 18. The molecule has 0 radical (unpaired) electrons. The molecule has 111 heavy (non-hydrogen) atoms. The number of amidine groups is 3. The van der Waals surface area contributed by atoms with Gasteiger partial charge in [0.05, 0.1) is 105 Å². The van der Waals surface area contributed by atoms with E-state index in [1.54, 1.807) is 37.6 Å². The Hall–Kier alpha value is -8.66. The lowest BCUT2D eigenvalue weighted by molar-refractivity contribution is -0.251. The van der Waals surface area contributed by atoms with E-state index in [1.165, 1.54) is 34.4 Å². The largest absolute Gasteiger partial charge is 0.416 e. The van der Waals surface area contributed by atoms with Crippen molar-refractivity contribution >= 4 is 143 Å². The Kier molecular flexibility index (Phi) is 21.9. The standard InChI is InChI=1S/C79H76Cl2F6N14O7S3/c1-45-37-97(41-58(91-45)19-20-77(4,105)56-14-12-51(62(81)33-56)40-101-65-17-8-46(26-53(65)36-90-101)28-66-70(102)92-73(109-66)96-23-21-95(5)22-24-96)74-93-71(103)67(110-74)29-48-9-18-64-54(27-48)35-89-100(64)39-50-11-13-55(32-61(50)80)76(2,3)108-69-43-98(42-59(107-69)44-106-6)75-94-72(104)68(111-75)30-47-7-16-63-52(25-47)34-88-99(63)38-49-10-15-57(78(82,83)84)31-60(49)79(85,86)87/h7-18,25-36,45,58-59,69,91,105H,19-24,37-44H2,1-6H3/b66-28-,67-29-,68-30-/t45-,58+,59+,69?,77?/m1/s1. The van der Waals surface area contributed by atoms with Crippen molar-refractivity contribution in [2.45, 2.75) is 108 Å². The highest BCUT2D eigenvalue weighted by atomic mass is 35.5. The van der Waals surface area contributed by atoms with E-state index in [-0.39, 0.29) is 48.7 Å². The fourth-order valence-electron chi connectivity index (χ4n) is 14.5. The van der Waals surface area contributed by atoms with E-state index in [2.05, 4.69) is 54.1 Å². The Morgan fingerprint density at radius 3 is 1.51 bits per heavy atom. The molecule has 3 amide bonds. The van der Waals surface area contributed by atoms with Gasteiger partial charge in [-0.15, -0.1) is 0 Å². The van der Waals surface area contributed by atoms with E-state index in [4.69, 9.17) is 47.6 Å². The molecule has 9 aromatic rings. The number of carbonyl (C=O) groups is 3. The molecule has 2 unspecified atom stereocenters. The number of methoxy groups -OCH3 is 1. The number of morpholine rings is 1. The maximum absolute atomic E-state index is 14.0. The van der Waals surface area contributed by atoms with Gasteiger partial charge in [0.1, 0.15) is 6.10 Å². The molecule has 3 saturated heterocycles. The van der Waals surface area contributed by atoms with Gasteiger partial charge in [0.15, 0.2) is 21.8 Å². The molecule has 0 aliphatic carbocycles. The summed E-state index contributed by atoms with van der Waals surface area (Å²) in [6, 6.07) is 29.9. The third-order valence-electron chi connectivity index (χ3n) is 20.5. The minimum Gasteiger partial charge on any atom is -0.385 e. The zero-order valence-corrected chi connectivity index (χ0v) is 65.0. The number of aromatic nitrogens is 6. The van der Waals surface area contributed by atoms with Crippen molar-refractivity contribution in [3.05, 3.63) is 208 Å². The first kappa shape index (κ1) is 77.7. The zero-order chi connectivity index (χ0) is 78.0. The van der Waals surface area contributed by atoms with Gasteiger partial charge < -0.3 is 44.2 Å². The number of amides is 3. The SMILES string of the molecule is COC[C@@H]1CN(C2=NC(=O)/C(=C/c3ccc4c(cnn4Cc4ccc(C(F)(F)F)cc4C(F)(F)F)c3)S2)CC(OC(C)(C)c2ccc(Cn3ncc4cc(/C=C5\SC(N6C[C@H](CCC(C)(O)c7ccc(Cn8ncc9cc(/C=C%10\SC(N%11CCN(C)CC%11)=NC%10=O)ccc98)c(Cl)c7)N[C@H](C)C6)=NC5=O)ccc43)c(Cl)c2)O1. The summed E-state index contributed by atoms with van der Waals surface area (Å²) in [6.45, 7) is 13.6. The number of nitrogens with one attached hydrogen (secondary N) is 1. The van der Waals surface area contributed by atoms with E-state index < -0.39 is 59.5 Å². The molecule has 6 aliphatic rings. The summed E-state index contributed by atoms with van der Waals surface area (Å²) in [6.07, 6.45) is 0.218. The van der Waals surface area contributed by atoms with Crippen LogP contribution in [0.3, 0.4) is 0 Å². The first-order valence-electron chi connectivity index (χ1n) is 36.0. The number of halogens is 8. The van der Waals surface area contributed by atoms with Gasteiger partial charge in [0.25, 0.3) is 17.7 Å². The maximum atomic E-state index is 14.0. The number of carbonyl (C=O) groups excluding carboxylic acids is 3. The molecule has 3 aromatic heterocycles. The second-order valence-corrected chi connectivity index (χ2v) is 33.1. The number of fused-ring (bicyclic) bond motifs is 3. The van der Waals surface area contributed by atoms with Crippen molar-refractivity contribution < 1.29 is 60.0 Å². The van der Waals surface area contributed by atoms with Crippen molar-refractivity contribution in [1.29, 1.82) is 0 Å². The van der Waals surface area contributed by atoms with E-state index in [0.717, 1.165) is 98.8 Å². The molecule has 5 atom stereocenters. The monoisotopic (exact) mass is 1610 g/mol. The Bertz CT molecular complexity index is 5380. The fraction of sp³-hybridized carbons (Fsp3) is 0.354. The molecule has 32 heteroatoms. The molecule has 6 aliphatic heterocycles. The molecule has 0 bridgehead atoms. The smallest absolute Gasteiger partial charge is 0.385 e. The zero-order valence-electron chi connectivity index (χ0n) is 61.0. The van der Waals surface area contributed by atoms with Gasteiger partial charge in [0.2, 0.25) is 0 Å². The van der Waals surface area contributed by atoms with Crippen molar-refractivity contribution in [2.24, 2.45) is 15.0 Å². The molecule has 2 N–H and O–H groups in total. The molecule has 6 aromatic carbocycles. The predicted octanol–water partition coefficient (Wildman–Crippen LogP) is 14.4. The summed E-state index contributed by atoms with van der Waals surface area (Å²) in [7, 11) is 3.65. The van der Waals surface area contributed by atoms with Gasteiger partial charge in [-0.2, -0.15) is 56.6 Å². The van der Waals surface area contributed by atoms with Crippen molar-refractivity contribution in [1.82, 2.24) is 54.3 Å². The molecule has 21 nitrogen and oxygen atoms in total. The first-order valence-corrected chi connectivity index (χ1v) is 39.2. The third-order valence-corrected chi connectivity index (χ3v) is 24.3. The van der Waals surface area contributed by atoms with Gasteiger partial charge in [-0.25, -0.2) is 0 Å². The Labute approximate surface area is 657 Å². The van der Waals surface area contributed by atoms with Crippen LogP contribution in [0.25, 0.3) is 50.9 Å². The summed E-state index contributed by atoms with van der Waals surface area (Å²) in [5.74, 6) is -1.02. The maximum Gasteiger partial charge on any atom is 0.416 e. The Morgan fingerprint density at radius 2 is 1.03 bits per heavy atom. The van der Waals surface area contributed by atoms with Crippen molar-refractivity contribution in [2.75, 3.05) is 73.1 Å². The Balaban J connectivity index is 0.531. The van der Waals surface area contributed by atoms with E-state index in [0.29, 0.717) is 109 Å². The molecule has 0 saturated carbocycles. The molecule has 15 rings (SSSR count). The molecule has 9 heterocycles. The average molecular weight is 1610 g/mol. The summed E-state index contributed by atoms with van der Waals surface area (Å²) >= 11 is 18.0. The number of hydrogen-bond donors (Lipinski definition) is 2. The summed E-state index contributed by atoms with van der Waals surface area (Å²) in [4.78, 5) is 63.2. The van der Waals surface area contributed by atoms with Crippen LogP contribution in [-0.4, -0.2) is 185 Å². The lowest BCUT2D eigenvalue weighted by atomic mass is 9.88. The predicted molar refractivity (Wildman–Crippen MR) is 422 cm³/mol. The summed E-state index contributed by atoms with van der Waals surface area (Å²) in [5, 5.41) is 34.5. The van der Waals surface area contributed by atoms with Crippen LogP contribution < -0.4 is 5.32 Å². The fourth-order valence-corrected chi connectivity index (χ4v) is 17.8. The lowest BCUT2D eigenvalue weighted by Crippen LogP contribution is -2.56. The first-order chi connectivity index (χ1) is 52.9. The molecule has 3 fully saturated rings. The number of ether oxygens (including phenoxy) is 3. The number of likely N-dealkylation sites (N-methyl/N-ethyl adjacent to an activating group) is 1. The van der Waals surface area contributed by atoms with Gasteiger partial charge in [-0.05, 0) is 206 Å². The number of alkyl halides is 6. The van der Waals surface area contributed by atoms with Crippen LogP contribution in [0.5, 0.6) is 0 Å². The summed E-state index contributed by atoms with van der Waals surface area (Å²) in [5.41, 5.74) is 2.28. The second kappa shape index (κ2) is 31.4. The van der Waals surface area contributed by atoms with E-state index in [9.17, 15) is 45.8 Å². The quantitative estimate of drug-likeness (QED) is 0.0603. The summed E-state index contributed by atoms with van der Waals surface area (Å²) < 4.78 is 106. The van der Waals surface area contributed by atoms with Gasteiger partial charge >= 0.3 is 12.4 Å². The highest BCUT2D eigenvalue weighted by molar-refractivity contribution is 8.19. The van der Waals surface area contributed by atoms with Crippen molar-refractivity contribution in [3.63, 3.8) is 0 Å². The van der Waals surface area contributed by atoms with Crippen LogP contribution in [0.4, 0.5) is 26.3 Å². The Morgan fingerprint density at radius 1 is 0.568 bits per heavy atom. The third kappa shape index (κ3) is 17.3. The number of aliphatic hydroxyl groups is 1. The minimum absolute atomic E-state index is 0.00802. The van der Waals surface area contributed by atoms with Gasteiger partial charge in [0, 0.05) is 91.2 Å². The number of thioether (sulfide) groups is 3. The normalized spacial score (nSPS) is 21.5. The molecule has 0 spiro atoms. The number of benzene rings is 6. The van der Waals surface area contributed by atoms with Gasteiger partial charge in [-0.3, -0.25) is 28.4 Å². The number of nitrogens with zero attached hydrogens (tertiary/aromatic N) is 13. The van der Waals surface area contributed by atoms with E-state index in [1.807, 2.05) is 126 Å². The topological polar surface area (TPSA) is 215 Å². The van der Waals surface area contributed by atoms with Crippen LogP contribution in [0.2, 0.25) is 10.0 Å². The molecular formula is C79H76Cl2F6N14O7S3. The average Bonchev–Trinajstić information content (AvgIpc) is 1.52. The molecular weight excluding hydrogens is 1540 g/mol. The number of aliphatic imine (C=N–C) groups is 3. The minimum atomic E-state index is -5.04. The highest BCUT2D eigenvalue weighted by Crippen LogP contribution is 2.42. The number of piperazine rings is 2. The van der Waals surface area contributed by atoms with Crippen LogP contribution in [0.1, 0.15) is 96.2 Å². The van der Waals surface area contributed by atoms with E-state index >= 15 is 0 Å². The highest BCUT2D eigenvalue weighted by Gasteiger charge is 2.41. The number of hydrogen-bond acceptors (Lipinski definition) is 18. The van der Waals surface area contributed by atoms with Crippen LogP contribution in [-0.2, 0) is 71.8 Å². The van der Waals surface area contributed by atoms with Crippen LogP contribution in [0, 0.1) is 0 Å². The molecule has 578 valence electrons. The second-order valence-electron chi connectivity index (χ2n) is 29.2. The van der Waals surface area contributed by atoms with Gasteiger partial charge in [-0.1, -0.05) is 71.7 Å². The van der Waals surface area contributed by atoms with Crippen LogP contribution in [0.15, 0.2) is 157 Å². The lowest BCUT2D eigenvalue weighted by Gasteiger charge is -2.41. The van der Waals surface area contributed by atoms with Crippen molar-refractivity contribution in [3.8, 4) is 0 Å².